The van der Waals surface area contributed by atoms with E-state index in [1.54, 1.807) is 0 Å². The number of furan rings is 1. The average molecular weight is 364 g/mol. The zero-order valence-corrected chi connectivity index (χ0v) is 17.1. The predicted molar refractivity (Wildman–Crippen MR) is 113 cm³/mol. The summed E-state index contributed by atoms with van der Waals surface area (Å²) in [4.78, 5) is 13.1. The highest BCUT2D eigenvalue weighted by molar-refractivity contribution is 6.07. The molecule has 0 aliphatic carbocycles. The number of rotatable bonds is 5. The number of aryl methyl sites for hydroxylation is 2. The van der Waals surface area contributed by atoms with E-state index in [1.807, 2.05) is 13.0 Å². The first-order valence-electron chi connectivity index (χ1n) is 9.79. The molecule has 0 fully saturated rings. The summed E-state index contributed by atoms with van der Waals surface area (Å²) >= 11 is 0. The van der Waals surface area contributed by atoms with E-state index in [4.69, 9.17) is 4.42 Å². The summed E-state index contributed by atoms with van der Waals surface area (Å²) in [6.45, 7) is 12.7. The molecule has 1 N–H and O–H groups in total. The van der Waals surface area contributed by atoms with Crippen LogP contribution in [0.15, 0.2) is 40.8 Å². The molecule has 142 valence electrons. The number of para-hydroxylation sites is 1. The number of nitrogens with one attached hydrogen (secondary N) is 1. The van der Waals surface area contributed by atoms with Gasteiger partial charge in [-0.05, 0) is 54.0 Å². The van der Waals surface area contributed by atoms with E-state index < -0.39 is 0 Å². The minimum Gasteiger partial charge on any atom is -0.451 e. The molecule has 0 atom stereocenters. The second kappa shape index (κ2) is 7.59. The number of fused-ring (bicyclic) bond motifs is 1. The summed E-state index contributed by atoms with van der Waals surface area (Å²) in [7, 11) is 0. The van der Waals surface area contributed by atoms with Crippen LogP contribution in [0, 0.1) is 6.92 Å². The summed E-state index contributed by atoms with van der Waals surface area (Å²) in [6, 6.07) is 12.4. The van der Waals surface area contributed by atoms with Crippen molar-refractivity contribution in [3.05, 3.63) is 64.4 Å². The van der Waals surface area contributed by atoms with Crippen molar-refractivity contribution in [2.75, 3.05) is 5.32 Å². The number of amides is 1. The van der Waals surface area contributed by atoms with E-state index in [9.17, 15) is 4.79 Å². The van der Waals surface area contributed by atoms with Gasteiger partial charge in [0.05, 0.1) is 0 Å². The van der Waals surface area contributed by atoms with Gasteiger partial charge in [0.1, 0.15) is 5.58 Å². The SMILES string of the molecule is CCc1ccc2oc(C(=O)Nc3c(C(C)C)cccc3C(C)C)c(C)c2c1. The normalized spacial score (nSPS) is 11.6. The van der Waals surface area contributed by atoms with Crippen LogP contribution >= 0.6 is 0 Å². The van der Waals surface area contributed by atoms with Crippen LogP contribution in [0.3, 0.4) is 0 Å². The molecule has 0 bridgehead atoms. The lowest BCUT2D eigenvalue weighted by Crippen LogP contribution is -2.16. The van der Waals surface area contributed by atoms with E-state index in [2.05, 4.69) is 70.3 Å². The van der Waals surface area contributed by atoms with E-state index >= 15 is 0 Å². The average Bonchev–Trinajstić information content (AvgIpc) is 2.97. The molecule has 1 amide bonds. The molecule has 3 aromatic rings. The Morgan fingerprint density at radius 1 is 1.04 bits per heavy atom. The maximum absolute atomic E-state index is 13.1. The third kappa shape index (κ3) is 3.64. The van der Waals surface area contributed by atoms with Gasteiger partial charge in [0.25, 0.3) is 5.91 Å². The topological polar surface area (TPSA) is 42.2 Å². The van der Waals surface area contributed by atoms with Gasteiger partial charge in [-0.25, -0.2) is 0 Å². The van der Waals surface area contributed by atoms with E-state index in [0.29, 0.717) is 17.6 Å². The molecule has 0 saturated heterocycles. The fourth-order valence-corrected chi connectivity index (χ4v) is 3.57. The largest absolute Gasteiger partial charge is 0.451 e. The van der Waals surface area contributed by atoms with Gasteiger partial charge in [0.15, 0.2) is 5.76 Å². The Kier molecular flexibility index (Phi) is 5.41. The van der Waals surface area contributed by atoms with E-state index in [1.165, 1.54) is 5.56 Å². The number of carbonyl (C=O) groups excluding carboxylic acids is 1. The van der Waals surface area contributed by atoms with Crippen LogP contribution in [-0.4, -0.2) is 5.91 Å². The Bertz CT molecular complexity index is 953. The lowest BCUT2D eigenvalue weighted by molar-refractivity contribution is 0.0997. The van der Waals surface area contributed by atoms with E-state index in [0.717, 1.165) is 39.8 Å². The van der Waals surface area contributed by atoms with Crippen molar-refractivity contribution in [1.29, 1.82) is 0 Å². The van der Waals surface area contributed by atoms with Gasteiger partial charge in [-0.2, -0.15) is 0 Å². The standard InChI is InChI=1S/C24H29NO2/c1-7-17-11-12-21-20(13-17)16(6)23(27-21)24(26)25-22-18(14(2)3)9-8-10-19(22)15(4)5/h8-15H,7H2,1-6H3,(H,25,26). The number of benzene rings is 2. The number of carbonyl (C=O) groups is 1. The Labute approximate surface area is 161 Å². The molecule has 0 radical (unpaired) electrons. The van der Waals surface area contributed by atoms with Gasteiger partial charge < -0.3 is 9.73 Å². The maximum Gasteiger partial charge on any atom is 0.291 e. The first-order valence-corrected chi connectivity index (χ1v) is 9.79. The number of hydrogen-bond donors (Lipinski definition) is 1. The van der Waals surface area contributed by atoms with Crippen molar-refractivity contribution < 1.29 is 9.21 Å². The first kappa shape index (κ1) is 19.2. The molecular weight excluding hydrogens is 334 g/mol. The van der Waals surface area contributed by atoms with Crippen molar-refractivity contribution in [3.63, 3.8) is 0 Å². The fourth-order valence-electron chi connectivity index (χ4n) is 3.57. The zero-order chi connectivity index (χ0) is 19.7. The van der Waals surface area contributed by atoms with Crippen molar-refractivity contribution in [2.24, 2.45) is 0 Å². The highest BCUT2D eigenvalue weighted by Crippen LogP contribution is 2.34. The minimum absolute atomic E-state index is 0.184. The number of anilines is 1. The van der Waals surface area contributed by atoms with Gasteiger partial charge in [0.2, 0.25) is 0 Å². The molecule has 3 nitrogen and oxygen atoms in total. The van der Waals surface area contributed by atoms with Crippen LogP contribution in [0.1, 0.15) is 79.3 Å². The lowest BCUT2D eigenvalue weighted by atomic mass is 9.92. The van der Waals surface area contributed by atoms with Gasteiger partial charge in [-0.3, -0.25) is 4.79 Å². The molecule has 2 aromatic carbocycles. The summed E-state index contributed by atoms with van der Waals surface area (Å²) in [6.07, 6.45) is 0.960. The molecule has 27 heavy (non-hydrogen) atoms. The zero-order valence-electron chi connectivity index (χ0n) is 17.1. The molecule has 0 aliphatic heterocycles. The second-order valence-corrected chi connectivity index (χ2v) is 7.82. The Morgan fingerprint density at radius 3 is 2.22 bits per heavy atom. The quantitative estimate of drug-likeness (QED) is 0.541. The summed E-state index contributed by atoms with van der Waals surface area (Å²) in [5, 5.41) is 4.17. The van der Waals surface area contributed by atoms with Crippen molar-refractivity contribution >= 4 is 22.6 Å². The smallest absolute Gasteiger partial charge is 0.291 e. The second-order valence-electron chi connectivity index (χ2n) is 7.82. The molecule has 1 aromatic heterocycles. The van der Waals surface area contributed by atoms with Gasteiger partial charge in [0, 0.05) is 16.6 Å². The Balaban J connectivity index is 2.04. The lowest BCUT2D eigenvalue weighted by Gasteiger charge is -2.19. The highest BCUT2D eigenvalue weighted by atomic mass is 16.3. The van der Waals surface area contributed by atoms with Gasteiger partial charge >= 0.3 is 0 Å². The van der Waals surface area contributed by atoms with E-state index in [-0.39, 0.29) is 5.91 Å². The Hall–Kier alpha value is -2.55. The predicted octanol–water partition coefficient (Wildman–Crippen LogP) is 6.80. The van der Waals surface area contributed by atoms with Crippen LogP contribution in [0.2, 0.25) is 0 Å². The maximum atomic E-state index is 13.1. The Morgan fingerprint density at radius 2 is 1.67 bits per heavy atom. The molecular formula is C24H29NO2. The summed E-state index contributed by atoms with van der Waals surface area (Å²) < 4.78 is 5.92. The third-order valence-electron chi connectivity index (χ3n) is 5.23. The summed E-state index contributed by atoms with van der Waals surface area (Å²) in [5.41, 5.74) is 6.11. The molecule has 0 unspecified atom stereocenters. The van der Waals surface area contributed by atoms with Crippen LogP contribution in [0.5, 0.6) is 0 Å². The number of hydrogen-bond acceptors (Lipinski definition) is 2. The first-order chi connectivity index (χ1) is 12.8. The molecule has 0 saturated carbocycles. The monoisotopic (exact) mass is 363 g/mol. The minimum atomic E-state index is -0.184. The third-order valence-corrected chi connectivity index (χ3v) is 5.23. The van der Waals surface area contributed by atoms with Gasteiger partial charge in [-0.1, -0.05) is 58.9 Å². The van der Waals surface area contributed by atoms with Crippen LogP contribution in [-0.2, 0) is 6.42 Å². The van der Waals surface area contributed by atoms with Crippen LogP contribution < -0.4 is 5.32 Å². The van der Waals surface area contributed by atoms with Crippen LogP contribution in [0.25, 0.3) is 11.0 Å². The van der Waals surface area contributed by atoms with Crippen molar-refractivity contribution in [2.45, 2.75) is 59.8 Å². The molecule has 3 rings (SSSR count). The molecule has 3 heteroatoms. The van der Waals surface area contributed by atoms with Crippen molar-refractivity contribution in [1.82, 2.24) is 0 Å². The highest BCUT2D eigenvalue weighted by Gasteiger charge is 2.21. The van der Waals surface area contributed by atoms with Gasteiger partial charge in [-0.15, -0.1) is 0 Å². The summed E-state index contributed by atoms with van der Waals surface area (Å²) in [5.74, 6) is 0.856. The van der Waals surface area contributed by atoms with Crippen LogP contribution in [0.4, 0.5) is 5.69 Å². The molecule has 1 heterocycles. The van der Waals surface area contributed by atoms with Crippen molar-refractivity contribution in [3.8, 4) is 0 Å². The fraction of sp³-hybridized carbons (Fsp3) is 0.375. The molecule has 0 spiro atoms. The molecule has 0 aliphatic rings.